The number of hydrogen-bond acceptors (Lipinski definition) is 2. The molecule has 0 saturated heterocycles. The van der Waals surface area contributed by atoms with Crippen LogP contribution in [0.4, 0.5) is 0 Å². The fourth-order valence-electron chi connectivity index (χ4n) is 7.01. The van der Waals surface area contributed by atoms with E-state index >= 15 is 0 Å². The van der Waals surface area contributed by atoms with Gasteiger partial charge in [-0.15, -0.1) is 0 Å². The molecule has 4 aromatic carbocycles. The van der Waals surface area contributed by atoms with Gasteiger partial charge < -0.3 is 8.98 Å². The molecule has 38 heavy (non-hydrogen) atoms. The van der Waals surface area contributed by atoms with Crippen molar-refractivity contribution in [1.82, 2.24) is 4.57 Å². The van der Waals surface area contributed by atoms with Gasteiger partial charge in [-0.3, -0.25) is 0 Å². The van der Waals surface area contributed by atoms with Gasteiger partial charge in [-0.1, -0.05) is 81.4 Å². The Kier molecular flexibility index (Phi) is 4.20. The quantitative estimate of drug-likeness (QED) is 0.256. The third-order valence-corrected chi connectivity index (χ3v) is 8.75. The van der Waals surface area contributed by atoms with Crippen LogP contribution < -0.4 is 16.3 Å². The number of hydrogen-bond donors (Lipinski definition) is 0. The molecule has 8 rings (SSSR count). The lowest BCUT2D eigenvalue weighted by molar-refractivity contribution is 0.474. The Morgan fingerprint density at radius 1 is 0.763 bits per heavy atom. The van der Waals surface area contributed by atoms with Gasteiger partial charge >= 0.3 is 5.63 Å². The maximum absolute atomic E-state index is 12.9. The summed E-state index contributed by atoms with van der Waals surface area (Å²) >= 11 is 0. The van der Waals surface area contributed by atoms with E-state index < -0.39 is 0 Å². The first-order chi connectivity index (χ1) is 18.4. The van der Waals surface area contributed by atoms with Crippen LogP contribution in [0.1, 0.15) is 38.3 Å². The van der Waals surface area contributed by atoms with Gasteiger partial charge in [0.15, 0.2) is 0 Å². The minimum absolute atomic E-state index is 0.0862. The maximum atomic E-state index is 12.9. The lowest BCUT2D eigenvalue weighted by Gasteiger charge is -2.23. The van der Waals surface area contributed by atoms with E-state index in [0.717, 1.165) is 17.0 Å². The molecule has 1 atom stereocenters. The van der Waals surface area contributed by atoms with Crippen molar-refractivity contribution in [2.75, 3.05) is 0 Å². The van der Waals surface area contributed by atoms with E-state index in [-0.39, 0.29) is 17.0 Å². The molecule has 1 unspecified atom stereocenters. The van der Waals surface area contributed by atoms with Crippen molar-refractivity contribution in [1.29, 1.82) is 0 Å². The first kappa shape index (κ1) is 21.7. The van der Waals surface area contributed by atoms with E-state index in [1.54, 1.807) is 0 Å². The van der Waals surface area contributed by atoms with Crippen molar-refractivity contribution < 1.29 is 4.42 Å². The average Bonchev–Trinajstić information content (AvgIpc) is 3.36. The van der Waals surface area contributed by atoms with E-state index in [0.29, 0.717) is 10.8 Å². The molecule has 2 aliphatic rings. The molecule has 3 heteroatoms. The maximum Gasteiger partial charge on any atom is 0.344 e. The van der Waals surface area contributed by atoms with Crippen LogP contribution in [-0.2, 0) is 5.41 Å². The summed E-state index contributed by atoms with van der Waals surface area (Å²) < 4.78 is 8.38. The van der Waals surface area contributed by atoms with Crippen molar-refractivity contribution in [3.63, 3.8) is 0 Å². The molecule has 2 aromatic heterocycles. The van der Waals surface area contributed by atoms with Crippen molar-refractivity contribution in [3.05, 3.63) is 117 Å². The zero-order valence-corrected chi connectivity index (χ0v) is 21.7. The van der Waals surface area contributed by atoms with Gasteiger partial charge in [-0.25, -0.2) is 4.79 Å². The molecule has 0 N–H and O–H groups in total. The van der Waals surface area contributed by atoms with Crippen LogP contribution >= 0.6 is 0 Å². The molecule has 0 spiro atoms. The summed E-state index contributed by atoms with van der Waals surface area (Å²) in [7, 11) is 0. The Morgan fingerprint density at radius 3 is 2.32 bits per heavy atom. The Labute approximate surface area is 220 Å². The fourth-order valence-corrected chi connectivity index (χ4v) is 7.01. The Hall–Kier alpha value is -4.37. The summed E-state index contributed by atoms with van der Waals surface area (Å²) in [5, 5.41) is 5.11. The van der Waals surface area contributed by atoms with Crippen LogP contribution in [0.5, 0.6) is 0 Å². The molecule has 0 amide bonds. The predicted octanol–water partition coefficient (Wildman–Crippen LogP) is 6.68. The highest BCUT2D eigenvalue weighted by molar-refractivity contribution is 6.12. The molecule has 0 radical (unpaired) electrons. The minimum atomic E-state index is -0.274. The second kappa shape index (κ2) is 7.35. The molecule has 184 valence electrons. The van der Waals surface area contributed by atoms with Crippen LogP contribution in [0, 0.1) is 5.92 Å². The SMILES string of the molecule is CC1C=c2oc(=O)c3ccccc3c2=C(n2c3ccccc3c3cc4c(cc32)C(C)(C)c2ccccc2-4)C1. The first-order valence-corrected chi connectivity index (χ1v) is 13.4. The zero-order valence-electron chi connectivity index (χ0n) is 21.7. The van der Waals surface area contributed by atoms with Crippen LogP contribution in [0.15, 0.2) is 94.1 Å². The molecule has 0 aliphatic heterocycles. The summed E-state index contributed by atoms with van der Waals surface area (Å²) in [5.74, 6) is 0.244. The van der Waals surface area contributed by atoms with Gasteiger partial charge in [0.1, 0.15) is 5.42 Å². The number of para-hydroxylation sites is 1. The molecule has 0 fully saturated rings. The largest absolute Gasteiger partial charge is 0.423 e. The highest BCUT2D eigenvalue weighted by Gasteiger charge is 2.36. The second-order valence-electron chi connectivity index (χ2n) is 11.4. The summed E-state index contributed by atoms with van der Waals surface area (Å²) in [6, 6.07) is 30.2. The molecule has 0 saturated carbocycles. The summed E-state index contributed by atoms with van der Waals surface area (Å²) in [4.78, 5) is 12.9. The number of aromatic nitrogens is 1. The number of rotatable bonds is 1. The van der Waals surface area contributed by atoms with E-state index in [1.807, 2.05) is 18.2 Å². The average molecular weight is 494 g/mol. The van der Waals surface area contributed by atoms with Crippen molar-refractivity contribution >= 4 is 44.4 Å². The summed E-state index contributed by atoms with van der Waals surface area (Å²) in [6.45, 7) is 6.86. The Morgan fingerprint density at radius 2 is 1.47 bits per heavy atom. The highest BCUT2D eigenvalue weighted by atomic mass is 16.4. The predicted molar refractivity (Wildman–Crippen MR) is 156 cm³/mol. The topological polar surface area (TPSA) is 35.1 Å². The van der Waals surface area contributed by atoms with Crippen LogP contribution in [-0.4, -0.2) is 4.57 Å². The van der Waals surface area contributed by atoms with Gasteiger partial charge in [0, 0.05) is 32.5 Å². The fraction of sp³-hybridized carbons (Fsp3) is 0.171. The molecular formula is C35H27NO2. The Balaban J connectivity index is 1.59. The van der Waals surface area contributed by atoms with Gasteiger partial charge in [-0.2, -0.15) is 0 Å². The minimum Gasteiger partial charge on any atom is -0.423 e. The summed E-state index contributed by atoms with van der Waals surface area (Å²) in [5.41, 5.74) is 9.29. The van der Waals surface area contributed by atoms with E-state index in [2.05, 4.69) is 98.1 Å². The third kappa shape index (κ3) is 2.71. The highest BCUT2D eigenvalue weighted by Crippen LogP contribution is 2.51. The smallest absolute Gasteiger partial charge is 0.344 e. The Bertz CT molecular complexity index is 2170. The number of benzene rings is 4. The second-order valence-corrected chi connectivity index (χ2v) is 11.4. The van der Waals surface area contributed by atoms with E-state index in [4.69, 9.17) is 4.42 Å². The molecule has 6 aromatic rings. The molecule has 3 nitrogen and oxygen atoms in total. The third-order valence-electron chi connectivity index (χ3n) is 8.75. The van der Waals surface area contributed by atoms with E-state index in [1.165, 1.54) is 49.8 Å². The van der Waals surface area contributed by atoms with Gasteiger partial charge in [0.05, 0.1) is 16.4 Å². The van der Waals surface area contributed by atoms with Crippen LogP contribution in [0.3, 0.4) is 0 Å². The van der Waals surface area contributed by atoms with Crippen LogP contribution in [0.25, 0.3) is 55.5 Å². The van der Waals surface area contributed by atoms with Crippen molar-refractivity contribution in [2.24, 2.45) is 5.92 Å². The standard InChI is InChI=1S/C35H27NO2/c1-20-16-31(33-23-12-4-5-13-24(23)34(37)38-32(33)17-20)36-29-15-9-7-11-22(29)26-18-25-21-10-6-8-14-27(21)35(2,3)28(25)19-30(26)36/h4-15,17-20H,16H2,1-3H3. The normalized spacial score (nSPS) is 17.4. The summed E-state index contributed by atoms with van der Waals surface area (Å²) in [6.07, 6.45) is 2.97. The van der Waals surface area contributed by atoms with Crippen molar-refractivity contribution in [2.45, 2.75) is 32.6 Å². The van der Waals surface area contributed by atoms with Gasteiger partial charge in [-0.05, 0) is 64.9 Å². The van der Waals surface area contributed by atoms with Crippen molar-refractivity contribution in [3.8, 4) is 11.1 Å². The molecule has 2 heterocycles. The monoisotopic (exact) mass is 493 g/mol. The zero-order chi connectivity index (χ0) is 25.8. The molecular weight excluding hydrogens is 466 g/mol. The molecule has 2 aliphatic carbocycles. The number of nitrogens with zero attached hydrogens (tertiary/aromatic N) is 1. The first-order valence-electron chi connectivity index (χ1n) is 13.4. The molecule has 0 bridgehead atoms. The van der Waals surface area contributed by atoms with Gasteiger partial charge in [0.25, 0.3) is 0 Å². The number of fused-ring (bicyclic) bond motifs is 9. The lowest BCUT2D eigenvalue weighted by atomic mass is 9.82. The van der Waals surface area contributed by atoms with E-state index in [9.17, 15) is 4.79 Å². The van der Waals surface area contributed by atoms with Crippen LogP contribution in [0.2, 0.25) is 0 Å². The van der Waals surface area contributed by atoms with Gasteiger partial charge in [0.2, 0.25) is 0 Å². The lowest BCUT2D eigenvalue weighted by Crippen LogP contribution is -2.37.